The van der Waals surface area contributed by atoms with Gasteiger partial charge in [-0.3, -0.25) is 0 Å². The Labute approximate surface area is 121 Å². The Bertz CT molecular complexity index is 644. The molecule has 0 spiro atoms. The number of halogens is 4. The fourth-order valence-electron chi connectivity index (χ4n) is 1.78. The standard InChI is InChI=1S/C13H10BrF3N2O/c1-7-4-9(6-20)19-12(18-7)10-3-2-8(14)5-11(10)13(15,16)17/h2-5,20H,6H2,1H3. The minimum Gasteiger partial charge on any atom is -0.390 e. The molecule has 7 heteroatoms. The molecule has 0 aliphatic carbocycles. The van der Waals surface area contributed by atoms with Crippen LogP contribution in [0.3, 0.4) is 0 Å². The molecule has 1 aromatic heterocycles. The Hall–Kier alpha value is -1.47. The first-order valence-corrected chi connectivity index (χ1v) is 6.43. The van der Waals surface area contributed by atoms with Gasteiger partial charge in [0.1, 0.15) is 0 Å². The first-order chi connectivity index (χ1) is 9.31. The highest BCUT2D eigenvalue weighted by Gasteiger charge is 2.34. The molecule has 0 fully saturated rings. The first kappa shape index (κ1) is 14.9. The fourth-order valence-corrected chi connectivity index (χ4v) is 2.14. The van der Waals surface area contributed by atoms with Crippen molar-refractivity contribution >= 4 is 15.9 Å². The van der Waals surface area contributed by atoms with E-state index >= 15 is 0 Å². The van der Waals surface area contributed by atoms with Crippen LogP contribution < -0.4 is 0 Å². The summed E-state index contributed by atoms with van der Waals surface area (Å²) in [4.78, 5) is 7.97. The molecule has 0 aliphatic heterocycles. The number of aliphatic hydroxyl groups excluding tert-OH is 1. The summed E-state index contributed by atoms with van der Waals surface area (Å²) in [7, 11) is 0. The lowest BCUT2D eigenvalue weighted by atomic mass is 10.1. The summed E-state index contributed by atoms with van der Waals surface area (Å²) in [5, 5.41) is 9.09. The van der Waals surface area contributed by atoms with Crippen LogP contribution in [0.4, 0.5) is 13.2 Å². The van der Waals surface area contributed by atoms with Crippen molar-refractivity contribution in [3.05, 3.63) is 45.7 Å². The molecule has 0 radical (unpaired) electrons. The molecule has 20 heavy (non-hydrogen) atoms. The number of benzene rings is 1. The maximum Gasteiger partial charge on any atom is 0.417 e. The van der Waals surface area contributed by atoms with Crippen LogP contribution in [0.15, 0.2) is 28.7 Å². The quantitative estimate of drug-likeness (QED) is 0.901. The molecule has 2 aromatic rings. The van der Waals surface area contributed by atoms with Gasteiger partial charge in [-0.25, -0.2) is 9.97 Å². The molecule has 2 rings (SSSR count). The van der Waals surface area contributed by atoms with Gasteiger partial charge < -0.3 is 5.11 Å². The van der Waals surface area contributed by atoms with Crippen LogP contribution in [0.5, 0.6) is 0 Å². The number of rotatable bonds is 2. The molecule has 106 valence electrons. The third-order valence-corrected chi connectivity index (χ3v) is 3.09. The van der Waals surface area contributed by atoms with Gasteiger partial charge in [0, 0.05) is 15.7 Å². The molecule has 1 aromatic carbocycles. The Kier molecular flexibility index (Phi) is 4.10. The molecular weight excluding hydrogens is 337 g/mol. The Morgan fingerprint density at radius 3 is 2.50 bits per heavy atom. The molecule has 0 aliphatic rings. The number of hydrogen-bond acceptors (Lipinski definition) is 3. The van der Waals surface area contributed by atoms with Gasteiger partial charge in [0.05, 0.1) is 17.9 Å². The zero-order chi connectivity index (χ0) is 14.9. The number of aryl methyl sites for hydroxylation is 1. The third-order valence-electron chi connectivity index (χ3n) is 2.60. The topological polar surface area (TPSA) is 46.0 Å². The van der Waals surface area contributed by atoms with Gasteiger partial charge in [-0.05, 0) is 31.2 Å². The largest absolute Gasteiger partial charge is 0.417 e. The monoisotopic (exact) mass is 346 g/mol. The molecule has 1 heterocycles. The van der Waals surface area contributed by atoms with Crippen LogP contribution in [0.2, 0.25) is 0 Å². The molecular formula is C13H10BrF3N2O. The van der Waals surface area contributed by atoms with Gasteiger partial charge in [-0.1, -0.05) is 15.9 Å². The predicted octanol–water partition coefficient (Wildman–Crippen LogP) is 3.73. The number of aliphatic hydroxyl groups is 1. The summed E-state index contributed by atoms with van der Waals surface area (Å²) in [5.74, 6) is -0.0473. The van der Waals surface area contributed by atoms with Gasteiger partial charge in [-0.2, -0.15) is 13.2 Å². The van der Waals surface area contributed by atoms with Crippen molar-refractivity contribution in [3.8, 4) is 11.4 Å². The Balaban J connectivity index is 2.66. The smallest absolute Gasteiger partial charge is 0.390 e. The summed E-state index contributed by atoms with van der Waals surface area (Å²) in [6, 6.07) is 5.31. The average Bonchev–Trinajstić information content (AvgIpc) is 2.36. The van der Waals surface area contributed by atoms with Gasteiger partial charge in [0.2, 0.25) is 0 Å². The van der Waals surface area contributed by atoms with Crippen molar-refractivity contribution in [1.29, 1.82) is 0 Å². The summed E-state index contributed by atoms with van der Waals surface area (Å²) in [6.45, 7) is 1.28. The predicted molar refractivity (Wildman–Crippen MR) is 70.8 cm³/mol. The zero-order valence-corrected chi connectivity index (χ0v) is 12.0. The van der Waals surface area contributed by atoms with E-state index in [2.05, 4.69) is 25.9 Å². The van der Waals surface area contributed by atoms with Crippen molar-refractivity contribution in [1.82, 2.24) is 9.97 Å². The lowest BCUT2D eigenvalue weighted by Gasteiger charge is -2.13. The third kappa shape index (κ3) is 3.16. The minimum atomic E-state index is -4.51. The molecule has 0 atom stereocenters. The van der Waals surface area contributed by atoms with E-state index in [9.17, 15) is 13.2 Å². The second-order valence-electron chi connectivity index (χ2n) is 4.17. The highest BCUT2D eigenvalue weighted by Crippen LogP contribution is 2.37. The van der Waals surface area contributed by atoms with E-state index in [0.717, 1.165) is 6.07 Å². The van der Waals surface area contributed by atoms with E-state index in [1.54, 1.807) is 6.92 Å². The first-order valence-electron chi connectivity index (χ1n) is 5.64. The van der Waals surface area contributed by atoms with E-state index in [0.29, 0.717) is 10.2 Å². The Morgan fingerprint density at radius 2 is 1.90 bits per heavy atom. The molecule has 0 saturated heterocycles. The van der Waals surface area contributed by atoms with Crippen molar-refractivity contribution in [3.63, 3.8) is 0 Å². The number of aromatic nitrogens is 2. The van der Waals surface area contributed by atoms with Crippen LogP contribution in [0.25, 0.3) is 11.4 Å². The fraction of sp³-hybridized carbons (Fsp3) is 0.231. The zero-order valence-electron chi connectivity index (χ0n) is 10.4. The second-order valence-corrected chi connectivity index (χ2v) is 5.09. The SMILES string of the molecule is Cc1cc(CO)nc(-c2ccc(Br)cc2C(F)(F)F)n1. The van der Waals surface area contributed by atoms with Crippen molar-refractivity contribution in [2.75, 3.05) is 0 Å². The van der Waals surface area contributed by atoms with Crippen LogP contribution in [-0.4, -0.2) is 15.1 Å². The van der Waals surface area contributed by atoms with E-state index in [1.807, 2.05) is 0 Å². The second kappa shape index (κ2) is 5.49. The van der Waals surface area contributed by atoms with Gasteiger partial charge in [0.25, 0.3) is 0 Å². The van der Waals surface area contributed by atoms with Gasteiger partial charge in [-0.15, -0.1) is 0 Å². The lowest BCUT2D eigenvalue weighted by molar-refractivity contribution is -0.137. The number of hydrogen-bond donors (Lipinski definition) is 1. The van der Waals surface area contributed by atoms with E-state index in [-0.39, 0.29) is 23.7 Å². The maximum absolute atomic E-state index is 13.1. The number of nitrogens with zero attached hydrogens (tertiary/aromatic N) is 2. The van der Waals surface area contributed by atoms with Gasteiger partial charge in [0.15, 0.2) is 5.82 Å². The van der Waals surface area contributed by atoms with E-state index in [4.69, 9.17) is 5.11 Å². The van der Waals surface area contributed by atoms with Gasteiger partial charge >= 0.3 is 6.18 Å². The highest BCUT2D eigenvalue weighted by atomic mass is 79.9. The van der Waals surface area contributed by atoms with Crippen molar-refractivity contribution in [2.45, 2.75) is 19.7 Å². The molecule has 0 unspecified atom stereocenters. The lowest BCUT2D eigenvalue weighted by Crippen LogP contribution is -2.09. The average molecular weight is 347 g/mol. The molecule has 0 saturated carbocycles. The normalized spacial score (nSPS) is 11.7. The van der Waals surface area contributed by atoms with Crippen LogP contribution >= 0.6 is 15.9 Å². The summed E-state index contributed by atoms with van der Waals surface area (Å²) < 4.78 is 39.5. The van der Waals surface area contributed by atoms with Crippen molar-refractivity contribution < 1.29 is 18.3 Å². The maximum atomic E-state index is 13.1. The minimum absolute atomic E-state index is 0.0473. The Morgan fingerprint density at radius 1 is 1.20 bits per heavy atom. The summed E-state index contributed by atoms with van der Waals surface area (Å²) in [6.07, 6.45) is -4.51. The molecule has 0 bridgehead atoms. The van der Waals surface area contributed by atoms with Crippen LogP contribution in [0, 0.1) is 6.92 Å². The molecule has 3 nitrogen and oxygen atoms in total. The van der Waals surface area contributed by atoms with E-state index < -0.39 is 11.7 Å². The molecule has 0 amide bonds. The summed E-state index contributed by atoms with van der Waals surface area (Å²) >= 11 is 3.02. The highest BCUT2D eigenvalue weighted by molar-refractivity contribution is 9.10. The van der Waals surface area contributed by atoms with Crippen LogP contribution in [-0.2, 0) is 12.8 Å². The van der Waals surface area contributed by atoms with E-state index in [1.165, 1.54) is 18.2 Å². The number of alkyl halides is 3. The molecule has 1 N–H and O–H groups in total. The summed E-state index contributed by atoms with van der Waals surface area (Å²) in [5.41, 5.74) is -0.154. The van der Waals surface area contributed by atoms with Crippen LogP contribution in [0.1, 0.15) is 17.0 Å². The van der Waals surface area contributed by atoms with Crippen molar-refractivity contribution in [2.24, 2.45) is 0 Å².